The fraction of sp³-hybridized carbons (Fsp3) is 0.750. The number of rotatable bonds is 3. The molecule has 1 unspecified atom stereocenters. The molecule has 5 heteroatoms. The highest BCUT2D eigenvalue weighted by molar-refractivity contribution is 6.19. The van der Waals surface area contributed by atoms with Crippen molar-refractivity contribution in [2.45, 2.75) is 6.42 Å². The molecule has 1 aliphatic rings. The summed E-state index contributed by atoms with van der Waals surface area (Å²) in [5.41, 5.74) is -1.12. The summed E-state index contributed by atoms with van der Waals surface area (Å²) >= 11 is 5.57. The second-order valence-electron chi connectivity index (χ2n) is 3.01. The van der Waals surface area contributed by atoms with E-state index in [4.69, 9.17) is 11.6 Å². The smallest absolute Gasteiger partial charge is 0.323 e. The Morgan fingerprint density at radius 1 is 1.38 bits per heavy atom. The minimum atomic E-state index is -1.12. The van der Waals surface area contributed by atoms with Crippen LogP contribution < -0.4 is 0 Å². The first-order valence-corrected chi connectivity index (χ1v) is 4.39. The van der Waals surface area contributed by atoms with Gasteiger partial charge in [-0.05, 0) is 6.42 Å². The van der Waals surface area contributed by atoms with Gasteiger partial charge in [-0.25, -0.2) is 0 Å². The van der Waals surface area contributed by atoms with Gasteiger partial charge in [0.15, 0.2) is 5.41 Å². The van der Waals surface area contributed by atoms with Gasteiger partial charge in [0.25, 0.3) is 0 Å². The fourth-order valence-electron chi connectivity index (χ4n) is 1.46. The van der Waals surface area contributed by atoms with Gasteiger partial charge in [0.05, 0.1) is 14.2 Å². The van der Waals surface area contributed by atoms with Crippen molar-refractivity contribution in [3.63, 3.8) is 0 Å². The highest BCUT2D eigenvalue weighted by Crippen LogP contribution is 2.54. The van der Waals surface area contributed by atoms with Crippen LogP contribution in [0.15, 0.2) is 0 Å². The summed E-state index contributed by atoms with van der Waals surface area (Å²) in [5.74, 6) is -0.978. The molecule has 0 spiro atoms. The summed E-state index contributed by atoms with van der Waals surface area (Å²) in [6, 6.07) is 0. The summed E-state index contributed by atoms with van der Waals surface area (Å²) < 4.78 is 9.07. The number of carbonyl (C=O) groups excluding carboxylic acids is 2. The maximum Gasteiger partial charge on any atom is 0.323 e. The molecule has 0 aliphatic heterocycles. The van der Waals surface area contributed by atoms with Crippen molar-refractivity contribution >= 4 is 23.5 Å². The molecule has 0 amide bonds. The second kappa shape index (κ2) is 3.54. The minimum absolute atomic E-state index is 0.144. The molecule has 4 nitrogen and oxygen atoms in total. The molecular formula is C8H11ClO4. The van der Waals surface area contributed by atoms with Gasteiger partial charge in [0.2, 0.25) is 0 Å². The normalized spacial score (nSPS) is 23.5. The van der Waals surface area contributed by atoms with E-state index in [1.165, 1.54) is 14.2 Å². The van der Waals surface area contributed by atoms with Gasteiger partial charge < -0.3 is 9.47 Å². The number of hydrogen-bond acceptors (Lipinski definition) is 4. The average Bonchev–Trinajstić information content (AvgIpc) is 2.91. The van der Waals surface area contributed by atoms with E-state index < -0.39 is 17.4 Å². The third kappa shape index (κ3) is 1.39. The molecule has 0 aromatic carbocycles. The molecule has 1 fully saturated rings. The van der Waals surface area contributed by atoms with Crippen LogP contribution >= 0.6 is 11.6 Å². The van der Waals surface area contributed by atoms with Crippen molar-refractivity contribution in [1.29, 1.82) is 0 Å². The maximum absolute atomic E-state index is 11.3. The van der Waals surface area contributed by atoms with E-state index in [-0.39, 0.29) is 11.8 Å². The van der Waals surface area contributed by atoms with Gasteiger partial charge in [-0.15, -0.1) is 11.6 Å². The topological polar surface area (TPSA) is 52.6 Å². The zero-order chi connectivity index (χ0) is 10.1. The lowest BCUT2D eigenvalue weighted by atomic mass is 10.1. The molecular weight excluding hydrogens is 196 g/mol. The number of ether oxygens (including phenoxy) is 2. The zero-order valence-electron chi connectivity index (χ0n) is 7.50. The van der Waals surface area contributed by atoms with Gasteiger partial charge in [-0.1, -0.05) is 0 Å². The first-order chi connectivity index (χ1) is 6.13. The lowest BCUT2D eigenvalue weighted by Crippen LogP contribution is -2.30. The molecule has 0 aromatic heterocycles. The van der Waals surface area contributed by atoms with Crippen LogP contribution in [0.5, 0.6) is 0 Å². The molecule has 0 N–H and O–H groups in total. The van der Waals surface area contributed by atoms with Gasteiger partial charge in [0.1, 0.15) is 0 Å². The molecule has 0 radical (unpaired) electrons. The third-order valence-corrected chi connectivity index (χ3v) is 2.76. The van der Waals surface area contributed by atoms with E-state index in [0.29, 0.717) is 6.42 Å². The second-order valence-corrected chi connectivity index (χ2v) is 3.32. The van der Waals surface area contributed by atoms with Crippen molar-refractivity contribution in [2.24, 2.45) is 11.3 Å². The van der Waals surface area contributed by atoms with Crippen molar-refractivity contribution in [2.75, 3.05) is 20.1 Å². The average molecular weight is 207 g/mol. The largest absolute Gasteiger partial charge is 0.468 e. The highest BCUT2D eigenvalue weighted by atomic mass is 35.5. The summed E-state index contributed by atoms with van der Waals surface area (Å²) in [6.07, 6.45) is 0.426. The Kier molecular flexibility index (Phi) is 2.81. The van der Waals surface area contributed by atoms with Crippen molar-refractivity contribution < 1.29 is 19.1 Å². The predicted octanol–water partition coefficient (Wildman–Crippen LogP) is 0.577. The quantitative estimate of drug-likeness (QED) is 0.385. The Hall–Kier alpha value is -0.770. The summed E-state index contributed by atoms with van der Waals surface area (Å²) in [4.78, 5) is 22.6. The monoisotopic (exact) mass is 206 g/mol. The first kappa shape index (κ1) is 10.3. The highest BCUT2D eigenvalue weighted by Gasteiger charge is 2.67. The van der Waals surface area contributed by atoms with E-state index >= 15 is 0 Å². The minimum Gasteiger partial charge on any atom is -0.468 e. The van der Waals surface area contributed by atoms with E-state index in [9.17, 15) is 9.59 Å². The van der Waals surface area contributed by atoms with Crippen molar-refractivity contribution in [3.8, 4) is 0 Å². The van der Waals surface area contributed by atoms with Gasteiger partial charge >= 0.3 is 11.9 Å². The summed E-state index contributed by atoms with van der Waals surface area (Å²) in [5, 5.41) is 0. The van der Waals surface area contributed by atoms with Gasteiger partial charge in [0, 0.05) is 11.8 Å². The van der Waals surface area contributed by atoms with Crippen LogP contribution in [-0.2, 0) is 19.1 Å². The molecule has 13 heavy (non-hydrogen) atoms. The Morgan fingerprint density at radius 2 is 1.85 bits per heavy atom. The van der Waals surface area contributed by atoms with Crippen LogP contribution in [-0.4, -0.2) is 32.0 Å². The third-order valence-electron chi connectivity index (χ3n) is 2.39. The van der Waals surface area contributed by atoms with Crippen molar-refractivity contribution in [1.82, 2.24) is 0 Å². The maximum atomic E-state index is 11.3. The predicted molar refractivity (Wildman–Crippen MR) is 45.3 cm³/mol. The zero-order valence-corrected chi connectivity index (χ0v) is 8.26. The summed E-state index contributed by atoms with van der Waals surface area (Å²) in [7, 11) is 2.49. The number of methoxy groups -OCH3 is 2. The van der Waals surface area contributed by atoms with Crippen LogP contribution in [0, 0.1) is 11.3 Å². The van der Waals surface area contributed by atoms with Gasteiger partial charge in [-0.2, -0.15) is 0 Å². The molecule has 1 saturated carbocycles. The number of esters is 2. The Labute approximate surface area is 81.1 Å². The standard InChI is InChI=1S/C8H11ClO4/c1-12-6(10)8(7(11)13-2)3-5(8)4-9/h5H,3-4H2,1-2H3. The number of carbonyl (C=O) groups is 2. The van der Waals surface area contributed by atoms with E-state index in [0.717, 1.165) is 0 Å². The molecule has 1 rings (SSSR count). The molecule has 0 aromatic rings. The molecule has 0 saturated heterocycles. The molecule has 74 valence electrons. The molecule has 0 bridgehead atoms. The molecule has 1 aliphatic carbocycles. The molecule has 0 heterocycles. The number of hydrogen-bond donors (Lipinski definition) is 0. The number of alkyl halides is 1. The van der Waals surface area contributed by atoms with Crippen molar-refractivity contribution in [3.05, 3.63) is 0 Å². The Balaban J connectivity index is 2.80. The van der Waals surface area contributed by atoms with Crippen LogP contribution in [0.1, 0.15) is 6.42 Å². The van der Waals surface area contributed by atoms with Crippen LogP contribution in [0.25, 0.3) is 0 Å². The Bertz CT molecular complexity index is 222. The SMILES string of the molecule is COC(=O)C1(C(=O)OC)CC1CCl. The van der Waals surface area contributed by atoms with Gasteiger partial charge in [-0.3, -0.25) is 9.59 Å². The molecule has 1 atom stereocenters. The van der Waals surface area contributed by atoms with E-state index in [1.54, 1.807) is 0 Å². The lowest BCUT2D eigenvalue weighted by molar-refractivity contribution is -0.162. The number of halogens is 1. The van der Waals surface area contributed by atoms with Crippen LogP contribution in [0.4, 0.5) is 0 Å². The Morgan fingerprint density at radius 3 is 2.08 bits per heavy atom. The van der Waals surface area contributed by atoms with Crippen LogP contribution in [0.2, 0.25) is 0 Å². The first-order valence-electron chi connectivity index (χ1n) is 3.86. The van der Waals surface area contributed by atoms with E-state index in [2.05, 4.69) is 9.47 Å². The lowest BCUT2D eigenvalue weighted by Gasteiger charge is -2.10. The van der Waals surface area contributed by atoms with Crippen LogP contribution in [0.3, 0.4) is 0 Å². The summed E-state index contributed by atoms with van der Waals surface area (Å²) in [6.45, 7) is 0. The fourth-order valence-corrected chi connectivity index (χ4v) is 1.84. The van der Waals surface area contributed by atoms with E-state index in [1.807, 2.05) is 0 Å².